The van der Waals surface area contributed by atoms with Crippen molar-refractivity contribution in [3.05, 3.63) is 83.3 Å². The van der Waals surface area contributed by atoms with Crippen molar-refractivity contribution in [2.45, 2.75) is 20.4 Å². The molecule has 3 aromatic rings. The van der Waals surface area contributed by atoms with Gasteiger partial charge in [-0.1, -0.05) is 24.3 Å². The monoisotopic (exact) mass is 360 g/mol. The van der Waals surface area contributed by atoms with E-state index in [2.05, 4.69) is 20.6 Å². The third-order valence-corrected chi connectivity index (χ3v) is 4.17. The molecule has 6 nitrogen and oxygen atoms in total. The van der Waals surface area contributed by atoms with Crippen LogP contribution < -0.4 is 10.6 Å². The van der Waals surface area contributed by atoms with E-state index in [9.17, 15) is 9.59 Å². The Morgan fingerprint density at radius 3 is 2.44 bits per heavy atom. The molecule has 0 atom stereocenters. The number of benzene rings is 2. The fraction of sp³-hybridized carbons (Fsp3) is 0.143. The molecule has 0 spiro atoms. The number of aromatic nitrogens is 2. The Hall–Kier alpha value is -3.54. The number of hydrogen-bond acceptors (Lipinski definition) is 5. The predicted molar refractivity (Wildman–Crippen MR) is 105 cm³/mol. The lowest BCUT2D eigenvalue weighted by molar-refractivity contribution is 0.101. The number of Topliss-reactive ketones (excluding diaryl/α,β-unsaturated/α-hetero) is 1. The normalized spacial score (nSPS) is 10.3. The topological polar surface area (TPSA) is 84.0 Å². The third-order valence-electron chi connectivity index (χ3n) is 4.17. The first-order valence-electron chi connectivity index (χ1n) is 8.56. The Bertz CT molecular complexity index is 968. The van der Waals surface area contributed by atoms with E-state index in [-0.39, 0.29) is 17.4 Å². The van der Waals surface area contributed by atoms with Crippen molar-refractivity contribution in [2.24, 2.45) is 0 Å². The molecule has 0 fully saturated rings. The molecule has 1 heterocycles. The summed E-state index contributed by atoms with van der Waals surface area (Å²) in [6, 6.07) is 16.4. The maximum atomic E-state index is 12.4. The number of hydrogen-bond donors (Lipinski definition) is 2. The van der Waals surface area contributed by atoms with Gasteiger partial charge in [-0.15, -0.1) is 0 Å². The van der Waals surface area contributed by atoms with Gasteiger partial charge in [0, 0.05) is 23.9 Å². The van der Waals surface area contributed by atoms with Crippen LogP contribution in [0.25, 0.3) is 0 Å². The molecule has 0 aliphatic rings. The molecule has 2 aromatic carbocycles. The Kier molecular flexibility index (Phi) is 5.56. The summed E-state index contributed by atoms with van der Waals surface area (Å²) >= 11 is 0. The van der Waals surface area contributed by atoms with Crippen molar-refractivity contribution in [1.29, 1.82) is 0 Å². The maximum absolute atomic E-state index is 12.4. The average Bonchev–Trinajstić information content (AvgIpc) is 2.68. The van der Waals surface area contributed by atoms with E-state index in [1.165, 1.54) is 18.8 Å². The van der Waals surface area contributed by atoms with Crippen molar-refractivity contribution >= 4 is 23.2 Å². The molecule has 3 rings (SSSR count). The quantitative estimate of drug-likeness (QED) is 0.652. The molecule has 2 N–H and O–H groups in total. The van der Waals surface area contributed by atoms with Gasteiger partial charge in [0.2, 0.25) is 0 Å². The molecule has 0 aliphatic heterocycles. The minimum Gasteiger partial charge on any atom is -0.366 e. The van der Waals surface area contributed by atoms with E-state index in [4.69, 9.17) is 0 Å². The molecule has 0 bridgehead atoms. The number of anilines is 2. The van der Waals surface area contributed by atoms with Gasteiger partial charge in [0.15, 0.2) is 5.78 Å². The lowest BCUT2D eigenvalue weighted by atomic mass is 10.1. The smallest absolute Gasteiger partial charge is 0.274 e. The standard InChI is InChI=1S/C21H20N4O2/c1-14-5-3-4-6-17(14)12-22-20-11-19(23-13-24-20)21(27)25-18-9-7-16(8-10-18)15(2)26/h3-11,13H,12H2,1-2H3,(H,25,27)(H,22,23,24). The Labute approximate surface area is 157 Å². The van der Waals surface area contributed by atoms with Crippen LogP contribution in [0.15, 0.2) is 60.9 Å². The van der Waals surface area contributed by atoms with Crippen LogP contribution in [0.2, 0.25) is 0 Å². The summed E-state index contributed by atoms with van der Waals surface area (Å²) in [5, 5.41) is 5.98. The summed E-state index contributed by atoms with van der Waals surface area (Å²) in [5.41, 5.74) is 3.79. The van der Waals surface area contributed by atoms with Gasteiger partial charge in [-0.2, -0.15) is 0 Å². The first-order valence-corrected chi connectivity index (χ1v) is 8.56. The zero-order valence-corrected chi connectivity index (χ0v) is 15.2. The van der Waals surface area contributed by atoms with Gasteiger partial charge >= 0.3 is 0 Å². The lowest BCUT2D eigenvalue weighted by Gasteiger charge is -2.09. The fourth-order valence-electron chi connectivity index (χ4n) is 2.56. The first-order chi connectivity index (χ1) is 13.0. The fourth-order valence-corrected chi connectivity index (χ4v) is 2.56. The van der Waals surface area contributed by atoms with Gasteiger partial charge < -0.3 is 10.6 Å². The number of nitrogens with zero attached hydrogens (tertiary/aromatic N) is 2. The van der Waals surface area contributed by atoms with E-state index in [1.807, 2.05) is 31.2 Å². The van der Waals surface area contributed by atoms with Crippen molar-refractivity contribution in [3.8, 4) is 0 Å². The van der Waals surface area contributed by atoms with Gasteiger partial charge in [-0.25, -0.2) is 9.97 Å². The average molecular weight is 360 g/mol. The molecule has 136 valence electrons. The minimum atomic E-state index is -0.341. The highest BCUT2D eigenvalue weighted by Crippen LogP contribution is 2.13. The zero-order chi connectivity index (χ0) is 19.2. The zero-order valence-electron chi connectivity index (χ0n) is 15.2. The van der Waals surface area contributed by atoms with Gasteiger partial charge in [-0.3, -0.25) is 9.59 Å². The molecule has 0 radical (unpaired) electrons. The van der Waals surface area contributed by atoms with E-state index < -0.39 is 0 Å². The number of carbonyl (C=O) groups excluding carboxylic acids is 2. The molecule has 0 aliphatic carbocycles. The SMILES string of the molecule is CC(=O)c1ccc(NC(=O)c2cc(NCc3ccccc3C)ncn2)cc1. The second-order valence-corrected chi connectivity index (χ2v) is 6.16. The highest BCUT2D eigenvalue weighted by atomic mass is 16.2. The Morgan fingerprint density at radius 2 is 1.74 bits per heavy atom. The summed E-state index contributed by atoms with van der Waals surface area (Å²) in [6.07, 6.45) is 1.36. The maximum Gasteiger partial charge on any atom is 0.274 e. The Balaban J connectivity index is 1.66. The van der Waals surface area contributed by atoms with Crippen LogP contribution in [0, 0.1) is 6.92 Å². The largest absolute Gasteiger partial charge is 0.366 e. The summed E-state index contributed by atoms with van der Waals surface area (Å²) in [7, 11) is 0. The van der Waals surface area contributed by atoms with E-state index >= 15 is 0 Å². The molecular formula is C21H20N4O2. The number of amides is 1. The molecule has 0 unspecified atom stereocenters. The van der Waals surface area contributed by atoms with Crippen LogP contribution in [0.1, 0.15) is 38.9 Å². The predicted octanol–water partition coefficient (Wildman–Crippen LogP) is 3.85. The first kappa shape index (κ1) is 18.3. The van der Waals surface area contributed by atoms with Crippen molar-refractivity contribution in [2.75, 3.05) is 10.6 Å². The minimum absolute atomic E-state index is 0.0203. The molecule has 1 amide bonds. The summed E-state index contributed by atoms with van der Waals surface area (Å²) in [4.78, 5) is 31.9. The molecule has 0 saturated carbocycles. The van der Waals surface area contributed by atoms with Gasteiger partial charge in [0.05, 0.1) is 0 Å². The van der Waals surface area contributed by atoms with Crippen LogP contribution in [-0.4, -0.2) is 21.7 Å². The molecule has 1 aromatic heterocycles. The van der Waals surface area contributed by atoms with E-state index in [0.29, 0.717) is 23.6 Å². The van der Waals surface area contributed by atoms with Crippen molar-refractivity contribution in [3.63, 3.8) is 0 Å². The number of rotatable bonds is 6. The van der Waals surface area contributed by atoms with E-state index in [0.717, 1.165) is 5.56 Å². The van der Waals surface area contributed by atoms with Crippen molar-refractivity contribution in [1.82, 2.24) is 9.97 Å². The molecular weight excluding hydrogens is 340 g/mol. The molecule has 0 saturated heterocycles. The Morgan fingerprint density at radius 1 is 1.00 bits per heavy atom. The third kappa shape index (κ3) is 4.76. The number of nitrogens with one attached hydrogen (secondary N) is 2. The highest BCUT2D eigenvalue weighted by Gasteiger charge is 2.10. The van der Waals surface area contributed by atoms with Gasteiger partial charge in [0.1, 0.15) is 17.8 Å². The summed E-state index contributed by atoms with van der Waals surface area (Å²) < 4.78 is 0. The van der Waals surface area contributed by atoms with Crippen molar-refractivity contribution < 1.29 is 9.59 Å². The van der Waals surface area contributed by atoms with Crippen LogP contribution in [0.5, 0.6) is 0 Å². The second kappa shape index (κ2) is 8.23. The summed E-state index contributed by atoms with van der Waals surface area (Å²) in [5.74, 6) is 0.213. The van der Waals surface area contributed by atoms with Gasteiger partial charge in [0.25, 0.3) is 5.91 Å². The molecule has 27 heavy (non-hydrogen) atoms. The number of ketones is 1. The number of carbonyl (C=O) groups is 2. The van der Waals surface area contributed by atoms with Crippen LogP contribution in [0.4, 0.5) is 11.5 Å². The van der Waals surface area contributed by atoms with Crippen LogP contribution in [0.3, 0.4) is 0 Å². The second-order valence-electron chi connectivity index (χ2n) is 6.16. The van der Waals surface area contributed by atoms with Crippen LogP contribution >= 0.6 is 0 Å². The highest BCUT2D eigenvalue weighted by molar-refractivity contribution is 6.03. The van der Waals surface area contributed by atoms with Crippen LogP contribution in [-0.2, 0) is 6.54 Å². The molecule has 6 heteroatoms. The summed E-state index contributed by atoms with van der Waals surface area (Å²) in [6.45, 7) is 4.16. The lowest BCUT2D eigenvalue weighted by Crippen LogP contribution is -2.15. The van der Waals surface area contributed by atoms with Gasteiger partial charge in [-0.05, 0) is 49.2 Å². The van der Waals surface area contributed by atoms with E-state index in [1.54, 1.807) is 30.3 Å². The number of aryl methyl sites for hydroxylation is 1.